The summed E-state index contributed by atoms with van der Waals surface area (Å²) in [6.07, 6.45) is -1.67. The number of carbonyl (C=O) groups excluding carboxylic acids is 3. The maximum Gasteiger partial charge on any atom is 0.258 e. The third-order valence-corrected chi connectivity index (χ3v) is 7.94. The van der Waals surface area contributed by atoms with Crippen LogP contribution in [0.15, 0.2) is 0 Å². The van der Waals surface area contributed by atoms with Gasteiger partial charge in [0.05, 0.1) is 49.8 Å². The number of halogens is 3. The summed E-state index contributed by atoms with van der Waals surface area (Å²) >= 11 is 5.82. The molecule has 1 heterocycles. The minimum atomic E-state index is -1.13. The number of benzene rings is 1. The molecule has 2 rings (SSSR count). The molecule has 1 aromatic carbocycles. The Morgan fingerprint density at radius 2 is 1.75 bits per heavy atom. The Morgan fingerprint density at radius 3 is 2.25 bits per heavy atom. The van der Waals surface area contributed by atoms with Crippen LogP contribution in [0, 0.1) is 10.7 Å². The molecule has 0 aromatic heterocycles. The van der Waals surface area contributed by atoms with Crippen LogP contribution in [-0.4, -0.2) is 82.2 Å². The fourth-order valence-corrected chi connectivity index (χ4v) is 7.58. The van der Waals surface area contributed by atoms with Crippen molar-refractivity contribution in [2.24, 2.45) is 0 Å². The van der Waals surface area contributed by atoms with E-state index in [1.54, 1.807) is 13.8 Å². The molecule has 13 heteroatoms. The Bertz CT molecular complexity index is 926. The lowest BCUT2D eigenvalue weighted by molar-refractivity contribution is -0.114. The van der Waals surface area contributed by atoms with Gasteiger partial charge in [0.15, 0.2) is 0 Å². The first-order valence-electron chi connectivity index (χ1n) is 9.51. The van der Waals surface area contributed by atoms with Crippen molar-refractivity contribution in [2.45, 2.75) is 38.7 Å². The maximum atomic E-state index is 13.6. The highest BCUT2D eigenvalue weighted by Gasteiger charge is 2.44. The van der Waals surface area contributed by atoms with Crippen molar-refractivity contribution in [1.82, 2.24) is 10.2 Å². The third-order valence-electron chi connectivity index (χ3n) is 4.71. The van der Waals surface area contributed by atoms with E-state index in [1.165, 1.54) is 11.8 Å². The maximum absolute atomic E-state index is 13.6. The molecule has 0 radical (unpaired) electrons. The molecule has 0 saturated carbocycles. The first-order valence-corrected chi connectivity index (χ1v) is 12.7. The topological polar surface area (TPSA) is 148 Å². The fraction of sp³-hybridized carbons (Fsp3) is 0.526. The third kappa shape index (κ3) is 6.01. The molecule has 1 aliphatic rings. The van der Waals surface area contributed by atoms with Gasteiger partial charge in [0.25, 0.3) is 11.8 Å². The molecule has 1 aliphatic heterocycles. The Balaban J connectivity index is 2.62. The number of rotatable bonds is 7. The van der Waals surface area contributed by atoms with E-state index in [1.807, 2.05) is 67.8 Å². The molecule has 0 spiro atoms. The van der Waals surface area contributed by atoms with Crippen molar-refractivity contribution in [3.63, 3.8) is 0 Å². The molecular formula is C19H24I3N3O7. The van der Waals surface area contributed by atoms with E-state index in [9.17, 15) is 24.6 Å². The molecule has 10 nitrogen and oxygen atoms in total. The monoisotopic (exact) mass is 787 g/mol. The lowest BCUT2D eigenvalue weighted by atomic mass is 10.1. The van der Waals surface area contributed by atoms with Crippen LogP contribution < -0.4 is 10.6 Å². The zero-order chi connectivity index (χ0) is 24.4. The Kier molecular flexibility index (Phi) is 9.93. The van der Waals surface area contributed by atoms with Crippen LogP contribution >= 0.6 is 67.8 Å². The summed E-state index contributed by atoms with van der Waals surface area (Å²) < 4.78 is 7.02. The average Bonchev–Trinajstić information content (AvgIpc) is 3.03. The van der Waals surface area contributed by atoms with E-state index in [0.29, 0.717) is 16.4 Å². The first kappa shape index (κ1) is 27.9. The van der Waals surface area contributed by atoms with Crippen LogP contribution in [0.2, 0.25) is 0 Å². The van der Waals surface area contributed by atoms with Gasteiger partial charge in [-0.1, -0.05) is 0 Å². The lowest BCUT2D eigenvalue weighted by Crippen LogP contribution is -2.44. The van der Waals surface area contributed by atoms with Crippen molar-refractivity contribution in [1.29, 1.82) is 0 Å². The number of nitrogens with zero attached hydrogens (tertiary/aromatic N) is 1. The molecule has 5 N–H and O–H groups in total. The van der Waals surface area contributed by atoms with E-state index >= 15 is 0 Å². The Morgan fingerprint density at radius 1 is 1.16 bits per heavy atom. The van der Waals surface area contributed by atoms with Gasteiger partial charge in [-0.05, 0) is 81.6 Å². The van der Waals surface area contributed by atoms with E-state index in [2.05, 4.69) is 10.6 Å². The van der Waals surface area contributed by atoms with Crippen LogP contribution in [-0.2, 0) is 9.53 Å². The van der Waals surface area contributed by atoms with E-state index in [-0.39, 0.29) is 36.7 Å². The van der Waals surface area contributed by atoms with Gasteiger partial charge in [0, 0.05) is 17.0 Å². The first-order chi connectivity index (χ1) is 14.8. The number of hydrogen-bond donors (Lipinski definition) is 5. The number of ether oxygens (including phenoxy) is 1. The van der Waals surface area contributed by atoms with Gasteiger partial charge in [-0.25, -0.2) is 0 Å². The molecule has 2 unspecified atom stereocenters. The van der Waals surface area contributed by atoms with Crippen molar-refractivity contribution in [3.8, 4) is 0 Å². The molecule has 32 heavy (non-hydrogen) atoms. The SMILES string of the molecule is CC(=O)Nc1c(I)c(C(=O)NCC(O)CO)c(I)c(C(=O)N2CC(CO)OC2(C)C)c1I. The highest BCUT2D eigenvalue weighted by molar-refractivity contribution is 14.1. The smallest absolute Gasteiger partial charge is 0.258 e. The quantitative estimate of drug-likeness (QED) is 0.261. The van der Waals surface area contributed by atoms with Crippen LogP contribution in [0.4, 0.5) is 5.69 Å². The standard InChI is InChI=1S/C19H24I3N3O7/c1-8(28)24-16-14(21)11(17(30)23-4-9(29)6-26)13(20)12(15(16)22)18(31)25-5-10(7-27)32-19(25,2)3/h9-10,26-27,29H,4-7H2,1-3H3,(H,23,30)(H,24,28). The van der Waals surface area contributed by atoms with Crippen LogP contribution in [0.3, 0.4) is 0 Å². The number of aliphatic hydroxyl groups is 3. The summed E-state index contributed by atoms with van der Waals surface area (Å²) in [4.78, 5) is 39.9. The van der Waals surface area contributed by atoms with Crippen molar-refractivity contribution in [3.05, 3.63) is 21.8 Å². The normalized spacial score (nSPS) is 18.4. The van der Waals surface area contributed by atoms with Gasteiger partial charge in [0.1, 0.15) is 11.8 Å². The van der Waals surface area contributed by atoms with Gasteiger partial charge < -0.3 is 35.6 Å². The van der Waals surface area contributed by atoms with Gasteiger partial charge in [-0.3, -0.25) is 14.4 Å². The molecule has 1 fully saturated rings. The summed E-state index contributed by atoms with van der Waals surface area (Å²) in [5, 5.41) is 33.3. The summed E-state index contributed by atoms with van der Waals surface area (Å²) in [6.45, 7) is 3.98. The molecule has 1 aromatic rings. The predicted octanol–water partition coefficient (Wildman–Crippen LogP) is 1.11. The average molecular weight is 787 g/mol. The fourth-order valence-electron chi connectivity index (χ4n) is 3.19. The molecule has 2 atom stereocenters. The van der Waals surface area contributed by atoms with Crippen molar-refractivity contribution in [2.75, 3.05) is 31.6 Å². The van der Waals surface area contributed by atoms with Crippen LogP contribution in [0.25, 0.3) is 0 Å². The second-order valence-electron chi connectivity index (χ2n) is 7.58. The minimum Gasteiger partial charge on any atom is -0.394 e. The van der Waals surface area contributed by atoms with Gasteiger partial charge in [-0.15, -0.1) is 0 Å². The van der Waals surface area contributed by atoms with E-state index in [0.717, 1.165) is 0 Å². The summed E-state index contributed by atoms with van der Waals surface area (Å²) in [7, 11) is 0. The zero-order valence-corrected chi connectivity index (χ0v) is 24.0. The summed E-state index contributed by atoms with van der Waals surface area (Å²) in [6, 6.07) is 0. The van der Waals surface area contributed by atoms with E-state index < -0.39 is 36.4 Å². The summed E-state index contributed by atoms with van der Waals surface area (Å²) in [5.41, 5.74) is -0.271. The molecule has 0 bridgehead atoms. The second-order valence-corrected chi connectivity index (χ2v) is 10.8. The van der Waals surface area contributed by atoms with Crippen molar-refractivity contribution < 1.29 is 34.4 Å². The van der Waals surface area contributed by atoms with Crippen LogP contribution in [0.5, 0.6) is 0 Å². The second kappa shape index (κ2) is 11.4. The lowest BCUT2D eigenvalue weighted by Gasteiger charge is -2.31. The van der Waals surface area contributed by atoms with Crippen LogP contribution in [0.1, 0.15) is 41.5 Å². The number of aliphatic hydroxyl groups excluding tert-OH is 3. The molecule has 3 amide bonds. The predicted molar refractivity (Wildman–Crippen MR) is 141 cm³/mol. The van der Waals surface area contributed by atoms with Gasteiger partial charge >= 0.3 is 0 Å². The number of hydrogen-bond acceptors (Lipinski definition) is 7. The largest absolute Gasteiger partial charge is 0.394 e. The van der Waals surface area contributed by atoms with Gasteiger partial charge in [-0.2, -0.15) is 0 Å². The highest BCUT2D eigenvalue weighted by Crippen LogP contribution is 2.38. The summed E-state index contributed by atoms with van der Waals surface area (Å²) in [5.74, 6) is -1.34. The molecule has 1 saturated heterocycles. The Labute approximate surface area is 226 Å². The Hall–Kier alpha value is -0.340. The molecular weight excluding hydrogens is 763 g/mol. The number of anilines is 1. The zero-order valence-electron chi connectivity index (χ0n) is 17.5. The highest BCUT2D eigenvalue weighted by atomic mass is 127. The van der Waals surface area contributed by atoms with Gasteiger partial charge in [0.2, 0.25) is 5.91 Å². The number of amides is 3. The minimum absolute atomic E-state index is 0.167. The molecule has 178 valence electrons. The number of carbonyl (C=O) groups is 3. The molecule has 0 aliphatic carbocycles. The number of nitrogens with one attached hydrogen (secondary N) is 2. The van der Waals surface area contributed by atoms with Crippen molar-refractivity contribution >= 4 is 91.2 Å². The van der Waals surface area contributed by atoms with E-state index in [4.69, 9.17) is 9.84 Å².